The first-order chi connectivity index (χ1) is 13.8. The van der Waals surface area contributed by atoms with Crippen LogP contribution in [-0.2, 0) is 20.0 Å². The lowest BCUT2D eigenvalue weighted by atomic mass is 10.3. The van der Waals surface area contributed by atoms with Gasteiger partial charge in [0.15, 0.2) is 5.82 Å². The minimum atomic E-state index is -4.04. The van der Waals surface area contributed by atoms with Gasteiger partial charge < -0.3 is 9.47 Å². The summed E-state index contributed by atoms with van der Waals surface area (Å²) in [5.74, 6) is -0.0218. The molecule has 0 aliphatic rings. The molecule has 3 aromatic rings. The molecular formula is C15H15N5O6S3. The molecule has 3 rings (SSSR count). The summed E-state index contributed by atoms with van der Waals surface area (Å²) in [6, 6.07) is 5.12. The lowest BCUT2D eigenvalue weighted by Crippen LogP contribution is -2.16. The maximum absolute atomic E-state index is 12.6. The van der Waals surface area contributed by atoms with E-state index in [4.69, 9.17) is 9.47 Å². The van der Waals surface area contributed by atoms with Crippen LogP contribution in [0.3, 0.4) is 0 Å². The van der Waals surface area contributed by atoms with Gasteiger partial charge in [0.25, 0.3) is 25.9 Å². The van der Waals surface area contributed by atoms with Crippen molar-refractivity contribution in [3.05, 3.63) is 42.2 Å². The molecule has 0 saturated heterocycles. The summed E-state index contributed by atoms with van der Waals surface area (Å²) in [5.41, 5.74) is 0.181. The third kappa shape index (κ3) is 4.55. The number of benzene rings is 1. The number of anilines is 2. The van der Waals surface area contributed by atoms with E-state index in [9.17, 15) is 16.8 Å². The first-order valence-corrected chi connectivity index (χ1v) is 11.6. The van der Waals surface area contributed by atoms with E-state index in [0.717, 1.165) is 17.7 Å². The Kier molecular flexibility index (Phi) is 5.86. The predicted molar refractivity (Wildman–Crippen MR) is 105 cm³/mol. The summed E-state index contributed by atoms with van der Waals surface area (Å²) in [5, 5.41) is 1.53. The van der Waals surface area contributed by atoms with Crippen LogP contribution < -0.4 is 18.9 Å². The molecule has 0 radical (unpaired) electrons. The molecule has 0 aliphatic carbocycles. The minimum Gasteiger partial charge on any atom is -0.489 e. The normalized spacial score (nSPS) is 11.7. The van der Waals surface area contributed by atoms with E-state index in [1.807, 2.05) is 0 Å². The monoisotopic (exact) mass is 457 g/mol. The standard InChI is InChI=1S/C15H15N5O6S3/c1-25-12-13(17-9-18-14(12)26-2)20-28(21,22)11-5-3-10(4-6-11)19-29(23,24)15-16-7-8-27-15/h3-9,19H,1-2H3,(H,17,18,20). The van der Waals surface area contributed by atoms with Gasteiger partial charge in [-0.3, -0.25) is 9.44 Å². The van der Waals surface area contributed by atoms with Gasteiger partial charge in [-0.15, -0.1) is 11.3 Å². The van der Waals surface area contributed by atoms with Gasteiger partial charge in [-0.2, -0.15) is 13.4 Å². The number of hydrogen-bond donors (Lipinski definition) is 2. The Morgan fingerprint density at radius 1 is 0.897 bits per heavy atom. The molecule has 2 aromatic heterocycles. The van der Waals surface area contributed by atoms with Crippen LogP contribution in [-0.4, -0.2) is 46.0 Å². The van der Waals surface area contributed by atoms with Crippen LogP contribution in [0.5, 0.6) is 11.6 Å². The number of ether oxygens (including phenoxy) is 2. The first kappa shape index (κ1) is 20.8. The fraction of sp³-hybridized carbons (Fsp3) is 0.133. The third-order valence-corrected chi connectivity index (χ3v) is 7.39. The molecule has 0 fully saturated rings. The van der Waals surface area contributed by atoms with Crippen molar-refractivity contribution in [2.75, 3.05) is 23.7 Å². The predicted octanol–water partition coefficient (Wildman–Crippen LogP) is 1.55. The number of rotatable bonds is 8. The maximum Gasteiger partial charge on any atom is 0.289 e. The van der Waals surface area contributed by atoms with Crippen molar-refractivity contribution in [3.8, 4) is 11.6 Å². The van der Waals surface area contributed by atoms with Crippen LogP contribution in [0.1, 0.15) is 0 Å². The lowest BCUT2D eigenvalue weighted by Gasteiger charge is -2.13. The lowest BCUT2D eigenvalue weighted by molar-refractivity contribution is 0.342. The maximum atomic E-state index is 12.6. The quantitative estimate of drug-likeness (QED) is 0.513. The molecule has 0 unspecified atom stereocenters. The average Bonchev–Trinajstić information content (AvgIpc) is 3.23. The third-order valence-electron chi connectivity index (χ3n) is 3.46. The van der Waals surface area contributed by atoms with Crippen molar-refractivity contribution in [3.63, 3.8) is 0 Å². The van der Waals surface area contributed by atoms with Gasteiger partial charge in [0.2, 0.25) is 10.1 Å². The summed E-state index contributed by atoms with van der Waals surface area (Å²) in [4.78, 5) is 11.3. The van der Waals surface area contributed by atoms with Gasteiger partial charge in [-0.25, -0.2) is 18.4 Å². The van der Waals surface area contributed by atoms with Gasteiger partial charge >= 0.3 is 0 Å². The Morgan fingerprint density at radius 2 is 1.62 bits per heavy atom. The van der Waals surface area contributed by atoms with Crippen LogP contribution in [0.2, 0.25) is 0 Å². The van der Waals surface area contributed by atoms with Crippen LogP contribution in [0.15, 0.2) is 51.4 Å². The van der Waals surface area contributed by atoms with Gasteiger partial charge in [-0.1, -0.05) is 0 Å². The van der Waals surface area contributed by atoms with Crippen molar-refractivity contribution >= 4 is 42.9 Å². The summed E-state index contributed by atoms with van der Waals surface area (Å²) in [6.45, 7) is 0. The van der Waals surface area contributed by atoms with Crippen molar-refractivity contribution < 1.29 is 26.3 Å². The van der Waals surface area contributed by atoms with Crippen molar-refractivity contribution in [1.82, 2.24) is 15.0 Å². The molecule has 0 aliphatic heterocycles. The summed E-state index contributed by atoms with van der Waals surface area (Å²) < 4.78 is 64.3. The number of thiazole rings is 1. The molecule has 0 atom stereocenters. The highest BCUT2D eigenvalue weighted by atomic mass is 32.2. The highest BCUT2D eigenvalue weighted by molar-refractivity contribution is 7.94. The Balaban J connectivity index is 1.82. The molecule has 0 saturated carbocycles. The van der Waals surface area contributed by atoms with E-state index >= 15 is 0 Å². The summed E-state index contributed by atoms with van der Waals surface area (Å²) in [6.07, 6.45) is 2.49. The first-order valence-electron chi connectivity index (χ1n) is 7.75. The fourth-order valence-corrected chi connectivity index (χ4v) is 5.09. The van der Waals surface area contributed by atoms with Gasteiger partial charge in [0, 0.05) is 17.3 Å². The molecular weight excluding hydrogens is 442 g/mol. The number of aromatic nitrogens is 3. The van der Waals surface area contributed by atoms with E-state index < -0.39 is 20.0 Å². The average molecular weight is 458 g/mol. The smallest absolute Gasteiger partial charge is 0.289 e. The van der Waals surface area contributed by atoms with Crippen LogP contribution in [0.25, 0.3) is 0 Å². The molecule has 0 spiro atoms. The zero-order valence-corrected chi connectivity index (χ0v) is 17.5. The fourth-order valence-electron chi connectivity index (χ4n) is 2.19. The molecule has 0 amide bonds. The highest BCUT2D eigenvalue weighted by Gasteiger charge is 2.21. The number of nitrogens with zero attached hydrogens (tertiary/aromatic N) is 3. The van der Waals surface area contributed by atoms with Crippen LogP contribution >= 0.6 is 11.3 Å². The molecule has 2 N–H and O–H groups in total. The minimum absolute atomic E-state index is 0.0198. The van der Waals surface area contributed by atoms with Gasteiger partial charge in [0.1, 0.15) is 6.33 Å². The van der Waals surface area contributed by atoms with E-state index in [1.54, 1.807) is 0 Å². The van der Waals surface area contributed by atoms with Gasteiger partial charge in [0.05, 0.1) is 19.1 Å². The van der Waals surface area contributed by atoms with Crippen molar-refractivity contribution in [1.29, 1.82) is 0 Å². The van der Waals surface area contributed by atoms with Crippen LogP contribution in [0.4, 0.5) is 11.5 Å². The van der Waals surface area contributed by atoms with Crippen molar-refractivity contribution in [2.24, 2.45) is 0 Å². The van der Waals surface area contributed by atoms with Crippen LogP contribution in [0, 0.1) is 0 Å². The second-order valence-corrected chi connectivity index (χ2v) is 9.73. The molecule has 14 heteroatoms. The topological polar surface area (TPSA) is 149 Å². The number of methoxy groups -OCH3 is 2. The highest BCUT2D eigenvalue weighted by Crippen LogP contribution is 2.32. The Morgan fingerprint density at radius 3 is 2.21 bits per heavy atom. The Bertz CT molecular complexity index is 1200. The van der Waals surface area contributed by atoms with E-state index in [0.29, 0.717) is 0 Å². The van der Waals surface area contributed by atoms with E-state index in [1.165, 1.54) is 50.1 Å². The van der Waals surface area contributed by atoms with E-state index in [2.05, 4.69) is 24.4 Å². The summed E-state index contributed by atoms with van der Waals surface area (Å²) in [7, 11) is -5.20. The second-order valence-electron chi connectivity index (χ2n) is 5.30. The molecule has 1 aromatic carbocycles. The summed E-state index contributed by atoms with van der Waals surface area (Å²) >= 11 is 0.963. The number of hydrogen-bond acceptors (Lipinski definition) is 10. The molecule has 11 nitrogen and oxygen atoms in total. The zero-order chi connectivity index (χ0) is 21.1. The number of nitrogens with one attached hydrogen (secondary N) is 2. The number of sulfonamides is 2. The molecule has 154 valence electrons. The zero-order valence-electron chi connectivity index (χ0n) is 15.1. The molecule has 2 heterocycles. The van der Waals surface area contributed by atoms with E-state index in [-0.39, 0.29) is 32.4 Å². The van der Waals surface area contributed by atoms with Crippen molar-refractivity contribution in [2.45, 2.75) is 9.24 Å². The Hall–Kier alpha value is -2.97. The second kappa shape index (κ2) is 8.18. The Labute approximate surface area is 170 Å². The largest absolute Gasteiger partial charge is 0.489 e. The molecule has 0 bridgehead atoms. The SMILES string of the molecule is COc1ncnc(NS(=O)(=O)c2ccc(NS(=O)(=O)c3nccs3)cc2)c1OC. The molecule has 29 heavy (non-hydrogen) atoms. The van der Waals surface area contributed by atoms with Gasteiger partial charge in [-0.05, 0) is 24.3 Å².